The summed E-state index contributed by atoms with van der Waals surface area (Å²) >= 11 is 0. The number of piperidine rings is 1. The van der Waals surface area contributed by atoms with E-state index in [1.165, 1.54) is 0 Å². The van der Waals surface area contributed by atoms with Gasteiger partial charge < -0.3 is 10.0 Å². The average molecular weight is 255 g/mol. The summed E-state index contributed by atoms with van der Waals surface area (Å²) in [6.07, 6.45) is 2.33. The fourth-order valence-electron chi connectivity index (χ4n) is 2.47. The minimum atomic E-state index is -0.715. The summed E-state index contributed by atoms with van der Waals surface area (Å²) in [5.41, 5.74) is -0.623. The van der Waals surface area contributed by atoms with Crippen molar-refractivity contribution in [1.82, 2.24) is 4.90 Å². The molecule has 1 saturated heterocycles. The second-order valence-corrected chi connectivity index (χ2v) is 6.56. The lowest BCUT2D eigenvalue weighted by atomic mass is 9.76. The lowest BCUT2D eigenvalue weighted by Crippen LogP contribution is -2.46. The number of aliphatic carboxylic acids is 1. The second kappa shape index (κ2) is 5.29. The summed E-state index contributed by atoms with van der Waals surface area (Å²) in [4.78, 5) is 25.2. The molecule has 1 heterocycles. The van der Waals surface area contributed by atoms with E-state index in [2.05, 4.69) is 0 Å². The third kappa shape index (κ3) is 3.47. The van der Waals surface area contributed by atoms with Crippen LogP contribution in [0.4, 0.5) is 0 Å². The highest BCUT2D eigenvalue weighted by Gasteiger charge is 2.40. The molecule has 4 nitrogen and oxygen atoms in total. The summed E-state index contributed by atoms with van der Waals surface area (Å²) in [7, 11) is 0. The number of carboxylic acid groups (broad SMARTS) is 1. The van der Waals surface area contributed by atoms with Crippen molar-refractivity contribution in [3.05, 3.63) is 0 Å². The molecule has 0 saturated carbocycles. The van der Waals surface area contributed by atoms with Crippen molar-refractivity contribution in [2.24, 2.45) is 10.8 Å². The Labute approximate surface area is 109 Å². The number of hydrogen-bond donors (Lipinski definition) is 1. The smallest absolute Gasteiger partial charge is 0.309 e. The van der Waals surface area contributed by atoms with Gasteiger partial charge in [0.05, 0.1) is 5.41 Å². The largest absolute Gasteiger partial charge is 0.481 e. The maximum atomic E-state index is 12.1. The molecule has 0 aromatic carbocycles. The molecule has 0 aliphatic carbocycles. The van der Waals surface area contributed by atoms with E-state index in [1.807, 2.05) is 32.6 Å². The van der Waals surface area contributed by atoms with Crippen molar-refractivity contribution in [3.63, 3.8) is 0 Å². The highest BCUT2D eigenvalue weighted by atomic mass is 16.4. The highest BCUT2D eigenvalue weighted by Crippen LogP contribution is 2.35. The van der Waals surface area contributed by atoms with Gasteiger partial charge in [-0.25, -0.2) is 0 Å². The second-order valence-electron chi connectivity index (χ2n) is 6.56. The predicted molar refractivity (Wildman–Crippen MR) is 70.2 cm³/mol. The number of likely N-dealkylation sites (tertiary alicyclic amines) is 1. The Morgan fingerprint density at radius 3 is 2.06 bits per heavy atom. The van der Waals surface area contributed by atoms with Gasteiger partial charge in [-0.3, -0.25) is 9.59 Å². The van der Waals surface area contributed by atoms with Gasteiger partial charge in [-0.15, -0.1) is 0 Å². The van der Waals surface area contributed by atoms with Crippen LogP contribution in [0.15, 0.2) is 0 Å². The SMILES string of the molecule is CCC1(C(=O)O)CCN(C(=O)CC(C)(C)C)CC1. The predicted octanol–water partition coefficient (Wildman–Crippen LogP) is 2.53. The first-order valence-corrected chi connectivity index (χ1v) is 6.71. The number of amides is 1. The van der Waals surface area contributed by atoms with Crippen molar-refractivity contribution in [3.8, 4) is 0 Å². The van der Waals surface area contributed by atoms with Gasteiger partial charge in [0.25, 0.3) is 0 Å². The van der Waals surface area contributed by atoms with Crippen molar-refractivity contribution in [1.29, 1.82) is 0 Å². The Hall–Kier alpha value is -1.06. The minimum absolute atomic E-state index is 0.0107. The van der Waals surface area contributed by atoms with E-state index in [0.717, 1.165) is 0 Å². The summed E-state index contributed by atoms with van der Waals surface area (Å²) in [5.74, 6) is -0.564. The number of rotatable bonds is 3. The Morgan fingerprint density at radius 1 is 1.22 bits per heavy atom. The van der Waals surface area contributed by atoms with Crippen LogP contribution in [-0.2, 0) is 9.59 Å². The minimum Gasteiger partial charge on any atom is -0.481 e. The molecule has 1 fully saturated rings. The van der Waals surface area contributed by atoms with Crippen LogP contribution >= 0.6 is 0 Å². The van der Waals surface area contributed by atoms with Gasteiger partial charge in [0.2, 0.25) is 5.91 Å². The van der Waals surface area contributed by atoms with Gasteiger partial charge in [-0.1, -0.05) is 27.7 Å². The maximum Gasteiger partial charge on any atom is 0.309 e. The molecule has 104 valence electrons. The molecular formula is C14H25NO3. The fourth-order valence-corrected chi connectivity index (χ4v) is 2.47. The third-order valence-corrected chi connectivity index (χ3v) is 3.89. The fraction of sp³-hybridized carbons (Fsp3) is 0.857. The average Bonchev–Trinajstić information content (AvgIpc) is 2.26. The van der Waals surface area contributed by atoms with Crippen LogP contribution in [0.2, 0.25) is 0 Å². The zero-order valence-electron chi connectivity index (χ0n) is 12.0. The lowest BCUT2D eigenvalue weighted by molar-refractivity contribution is -0.155. The number of hydrogen-bond acceptors (Lipinski definition) is 2. The molecule has 0 atom stereocenters. The summed E-state index contributed by atoms with van der Waals surface area (Å²) in [6, 6.07) is 0. The van der Waals surface area contributed by atoms with Gasteiger partial charge >= 0.3 is 5.97 Å². The summed E-state index contributed by atoms with van der Waals surface area (Å²) in [6.45, 7) is 9.21. The quantitative estimate of drug-likeness (QED) is 0.843. The van der Waals surface area contributed by atoms with Crippen LogP contribution in [-0.4, -0.2) is 35.0 Å². The highest BCUT2D eigenvalue weighted by molar-refractivity contribution is 5.78. The van der Waals surface area contributed by atoms with E-state index >= 15 is 0 Å². The molecule has 1 amide bonds. The van der Waals surface area contributed by atoms with Crippen LogP contribution < -0.4 is 0 Å². The van der Waals surface area contributed by atoms with E-state index in [-0.39, 0.29) is 11.3 Å². The Kier molecular flexibility index (Phi) is 4.41. The molecule has 0 aromatic heterocycles. The van der Waals surface area contributed by atoms with Crippen LogP contribution in [0.25, 0.3) is 0 Å². The molecule has 0 unspecified atom stereocenters. The third-order valence-electron chi connectivity index (χ3n) is 3.89. The zero-order valence-corrected chi connectivity index (χ0v) is 12.0. The van der Waals surface area contributed by atoms with E-state index in [1.54, 1.807) is 0 Å². The number of nitrogens with zero attached hydrogens (tertiary/aromatic N) is 1. The maximum absolute atomic E-state index is 12.1. The number of carboxylic acids is 1. The number of carbonyl (C=O) groups excluding carboxylic acids is 1. The molecule has 18 heavy (non-hydrogen) atoms. The monoisotopic (exact) mass is 255 g/mol. The first kappa shape index (κ1) is 15.0. The number of carbonyl (C=O) groups is 2. The van der Waals surface area contributed by atoms with Crippen molar-refractivity contribution >= 4 is 11.9 Å². The van der Waals surface area contributed by atoms with Gasteiger partial charge in [0.15, 0.2) is 0 Å². The molecule has 0 bridgehead atoms. The van der Waals surface area contributed by atoms with Crippen LogP contribution in [0.3, 0.4) is 0 Å². The van der Waals surface area contributed by atoms with E-state index in [9.17, 15) is 14.7 Å². The molecular weight excluding hydrogens is 230 g/mol. The van der Waals surface area contributed by atoms with E-state index < -0.39 is 11.4 Å². The molecule has 1 rings (SSSR count). The lowest BCUT2D eigenvalue weighted by Gasteiger charge is -2.39. The summed E-state index contributed by atoms with van der Waals surface area (Å²) < 4.78 is 0. The Balaban J connectivity index is 2.58. The molecule has 0 aromatic rings. The molecule has 1 aliphatic heterocycles. The van der Waals surface area contributed by atoms with E-state index in [0.29, 0.717) is 38.8 Å². The Morgan fingerprint density at radius 2 is 1.72 bits per heavy atom. The van der Waals surface area contributed by atoms with Crippen molar-refractivity contribution < 1.29 is 14.7 Å². The Bertz CT molecular complexity index is 322. The van der Waals surface area contributed by atoms with Gasteiger partial charge in [-0.2, -0.15) is 0 Å². The molecule has 1 aliphatic rings. The van der Waals surface area contributed by atoms with Crippen molar-refractivity contribution in [2.75, 3.05) is 13.1 Å². The molecule has 1 N–H and O–H groups in total. The molecule has 4 heteroatoms. The first-order chi connectivity index (χ1) is 8.20. The normalized spacial score (nSPS) is 19.7. The van der Waals surface area contributed by atoms with Gasteiger partial charge in [-0.05, 0) is 24.7 Å². The van der Waals surface area contributed by atoms with Crippen LogP contribution in [0.1, 0.15) is 53.4 Å². The van der Waals surface area contributed by atoms with Gasteiger partial charge in [0, 0.05) is 19.5 Å². The van der Waals surface area contributed by atoms with Crippen LogP contribution in [0, 0.1) is 10.8 Å². The van der Waals surface area contributed by atoms with Crippen LogP contribution in [0.5, 0.6) is 0 Å². The molecule has 0 spiro atoms. The standard InChI is InChI=1S/C14H25NO3/c1-5-14(12(17)18)6-8-15(9-7-14)11(16)10-13(2,3)4/h5-10H2,1-4H3,(H,17,18). The molecule has 0 radical (unpaired) electrons. The zero-order chi connectivity index (χ0) is 14.0. The summed E-state index contributed by atoms with van der Waals surface area (Å²) in [5, 5.41) is 9.30. The topological polar surface area (TPSA) is 57.6 Å². The van der Waals surface area contributed by atoms with E-state index in [4.69, 9.17) is 0 Å². The first-order valence-electron chi connectivity index (χ1n) is 6.71. The van der Waals surface area contributed by atoms with Crippen molar-refractivity contribution in [2.45, 2.75) is 53.4 Å². The van der Waals surface area contributed by atoms with Gasteiger partial charge in [0.1, 0.15) is 0 Å².